The molecule has 0 atom stereocenters. The summed E-state index contributed by atoms with van der Waals surface area (Å²) in [5.74, 6) is 2.47. The molecule has 0 bridgehead atoms. The Morgan fingerprint density at radius 3 is 0.727 bits per heavy atom. The zero-order valence-corrected chi connectivity index (χ0v) is 26.8. The molecule has 0 aliphatic heterocycles. The Hall–Kier alpha value is -3.92. The van der Waals surface area contributed by atoms with Gasteiger partial charge in [-0.25, -0.2) is 0 Å². The average Bonchev–Trinajstić information content (AvgIpc) is 3.08. The van der Waals surface area contributed by atoms with Crippen molar-refractivity contribution in [2.75, 3.05) is 0 Å². The number of phenols is 4. The first-order valence-electron chi connectivity index (χ1n) is 16.6. The van der Waals surface area contributed by atoms with Gasteiger partial charge < -0.3 is 20.4 Å². The van der Waals surface area contributed by atoms with Gasteiger partial charge in [0.05, 0.1) is 0 Å². The van der Waals surface area contributed by atoms with Crippen LogP contribution in [0.25, 0.3) is 0 Å². The summed E-state index contributed by atoms with van der Waals surface area (Å²) in [5, 5.41) is 39.7. The Kier molecular flexibility index (Phi) is 11.0. The third-order valence-electron chi connectivity index (χ3n) is 10.1. The first-order valence-corrected chi connectivity index (χ1v) is 16.6. The summed E-state index contributed by atoms with van der Waals surface area (Å²) in [5.41, 5.74) is 4.70. The summed E-state index contributed by atoms with van der Waals surface area (Å²) < 4.78 is 0. The molecule has 0 spiro atoms. The Labute approximate surface area is 264 Å². The molecule has 0 heterocycles. The fourth-order valence-corrected chi connectivity index (χ4v) is 7.82. The van der Waals surface area contributed by atoms with E-state index >= 15 is 0 Å². The van der Waals surface area contributed by atoms with Gasteiger partial charge in [-0.15, -0.1) is 0 Å². The molecule has 0 amide bonds. The van der Waals surface area contributed by atoms with E-state index in [2.05, 4.69) is 48.5 Å². The van der Waals surface area contributed by atoms with E-state index in [0.29, 0.717) is 11.8 Å². The van der Waals surface area contributed by atoms with Crippen molar-refractivity contribution in [2.24, 2.45) is 11.8 Å². The van der Waals surface area contributed by atoms with Gasteiger partial charge in [-0.05, 0) is 134 Å². The lowest BCUT2D eigenvalue weighted by atomic mass is 9.57. The van der Waals surface area contributed by atoms with Crippen molar-refractivity contribution < 1.29 is 20.4 Å². The summed E-state index contributed by atoms with van der Waals surface area (Å²) in [4.78, 5) is 0. The first kappa shape index (κ1) is 33.0. The molecule has 234 valence electrons. The molecule has 2 fully saturated rings. The molecule has 0 saturated heterocycles. The van der Waals surface area contributed by atoms with E-state index in [1.165, 1.54) is 22.3 Å². The van der Waals surface area contributed by atoms with Gasteiger partial charge >= 0.3 is 0 Å². The van der Waals surface area contributed by atoms with Crippen LogP contribution < -0.4 is 0 Å². The standard InChI is InChI=1S/C36H38O4.2C2H6/c37-31-9-1-27(2-10-31)35(28-3-11-32(38)12-4-28)21-17-25(18-22-35)26-19-23-36(24-20-26,29-5-13-33(39)14-6-29)30-7-15-34(40)16-8-30;2*1-2/h1-16,25-26,37-40H,17-24H2;2*1-2H3. The van der Waals surface area contributed by atoms with Crippen molar-refractivity contribution in [3.63, 3.8) is 0 Å². The molecular weight excluding hydrogens is 544 g/mol. The Morgan fingerprint density at radius 2 is 0.545 bits per heavy atom. The molecule has 0 aromatic heterocycles. The van der Waals surface area contributed by atoms with Crippen LogP contribution >= 0.6 is 0 Å². The lowest BCUT2D eigenvalue weighted by Gasteiger charge is -2.47. The fraction of sp³-hybridized carbons (Fsp3) is 0.400. The van der Waals surface area contributed by atoms with E-state index in [9.17, 15) is 20.4 Å². The molecule has 6 rings (SSSR count). The van der Waals surface area contributed by atoms with Crippen molar-refractivity contribution in [1.82, 2.24) is 0 Å². The van der Waals surface area contributed by atoms with Crippen LogP contribution in [0.3, 0.4) is 0 Å². The topological polar surface area (TPSA) is 80.9 Å². The highest BCUT2D eigenvalue weighted by Crippen LogP contribution is 2.53. The lowest BCUT2D eigenvalue weighted by molar-refractivity contribution is 0.140. The van der Waals surface area contributed by atoms with E-state index in [1.54, 1.807) is 48.5 Å². The molecule has 4 aromatic rings. The number of aromatic hydroxyl groups is 4. The van der Waals surface area contributed by atoms with E-state index in [4.69, 9.17) is 0 Å². The van der Waals surface area contributed by atoms with Crippen molar-refractivity contribution in [3.05, 3.63) is 119 Å². The molecule has 2 saturated carbocycles. The highest BCUT2D eigenvalue weighted by Gasteiger charge is 2.44. The second-order valence-electron chi connectivity index (χ2n) is 12.0. The molecule has 0 unspecified atom stereocenters. The minimum atomic E-state index is -0.117. The fourth-order valence-electron chi connectivity index (χ4n) is 7.82. The summed E-state index contributed by atoms with van der Waals surface area (Å²) in [7, 11) is 0. The van der Waals surface area contributed by atoms with Crippen LogP contribution in [0.5, 0.6) is 23.0 Å². The predicted molar refractivity (Wildman–Crippen MR) is 181 cm³/mol. The largest absolute Gasteiger partial charge is 0.508 e. The molecule has 4 N–H and O–H groups in total. The van der Waals surface area contributed by atoms with E-state index in [1.807, 2.05) is 27.7 Å². The summed E-state index contributed by atoms with van der Waals surface area (Å²) in [6.07, 6.45) is 8.79. The average molecular weight is 595 g/mol. The summed E-state index contributed by atoms with van der Waals surface area (Å²) in [6, 6.07) is 30.8. The Bertz CT molecular complexity index is 1200. The second kappa shape index (κ2) is 14.7. The van der Waals surface area contributed by atoms with E-state index in [-0.39, 0.29) is 33.8 Å². The normalized spacial score (nSPS) is 17.8. The minimum Gasteiger partial charge on any atom is -0.508 e. The monoisotopic (exact) mass is 594 g/mol. The van der Waals surface area contributed by atoms with Gasteiger partial charge in [-0.3, -0.25) is 0 Å². The van der Waals surface area contributed by atoms with Crippen LogP contribution in [0.2, 0.25) is 0 Å². The van der Waals surface area contributed by atoms with Gasteiger partial charge in [0, 0.05) is 10.8 Å². The molecule has 44 heavy (non-hydrogen) atoms. The lowest BCUT2D eigenvalue weighted by Crippen LogP contribution is -2.38. The smallest absolute Gasteiger partial charge is 0.115 e. The maximum Gasteiger partial charge on any atom is 0.115 e. The number of phenolic OH excluding ortho intramolecular Hbond substituents is 4. The minimum absolute atomic E-state index is 0.117. The summed E-state index contributed by atoms with van der Waals surface area (Å²) >= 11 is 0. The molecule has 4 heteroatoms. The van der Waals surface area contributed by atoms with E-state index < -0.39 is 0 Å². The van der Waals surface area contributed by atoms with Gasteiger partial charge in [-0.1, -0.05) is 76.2 Å². The van der Waals surface area contributed by atoms with Crippen molar-refractivity contribution in [1.29, 1.82) is 0 Å². The predicted octanol–water partition coefficient (Wildman–Crippen LogP) is 10.2. The highest BCUT2D eigenvalue weighted by molar-refractivity contribution is 5.45. The van der Waals surface area contributed by atoms with Gasteiger partial charge in [-0.2, -0.15) is 0 Å². The van der Waals surface area contributed by atoms with Gasteiger partial charge in [0.2, 0.25) is 0 Å². The number of rotatable bonds is 5. The molecule has 4 nitrogen and oxygen atoms in total. The van der Waals surface area contributed by atoms with Crippen molar-refractivity contribution in [3.8, 4) is 23.0 Å². The molecule has 2 aliphatic carbocycles. The molecule has 4 aromatic carbocycles. The number of hydrogen-bond donors (Lipinski definition) is 4. The van der Waals surface area contributed by atoms with Crippen LogP contribution in [-0.2, 0) is 10.8 Å². The molecule has 0 radical (unpaired) electrons. The van der Waals surface area contributed by atoms with Crippen molar-refractivity contribution in [2.45, 2.75) is 89.9 Å². The highest BCUT2D eigenvalue weighted by atomic mass is 16.3. The maximum atomic E-state index is 9.93. The van der Waals surface area contributed by atoms with Crippen LogP contribution in [0.15, 0.2) is 97.1 Å². The third kappa shape index (κ3) is 6.75. The molecular formula is C40H50O4. The van der Waals surface area contributed by atoms with Gasteiger partial charge in [0.1, 0.15) is 23.0 Å². The van der Waals surface area contributed by atoms with Crippen LogP contribution in [0.4, 0.5) is 0 Å². The Balaban J connectivity index is 0.00000106. The quantitative estimate of drug-likeness (QED) is 0.185. The second-order valence-corrected chi connectivity index (χ2v) is 12.0. The Morgan fingerprint density at radius 1 is 0.364 bits per heavy atom. The van der Waals surface area contributed by atoms with Crippen LogP contribution in [0.1, 0.15) is 101 Å². The molecule has 2 aliphatic rings. The zero-order chi connectivity index (χ0) is 31.7. The zero-order valence-electron chi connectivity index (χ0n) is 26.8. The number of hydrogen-bond acceptors (Lipinski definition) is 4. The van der Waals surface area contributed by atoms with Crippen molar-refractivity contribution >= 4 is 0 Å². The SMILES string of the molecule is CC.CC.Oc1ccc(C2(c3ccc(O)cc3)CCC(C3CCC(c4ccc(O)cc4)(c4ccc(O)cc4)CC3)CC2)cc1. The van der Waals surface area contributed by atoms with Crippen LogP contribution in [-0.4, -0.2) is 20.4 Å². The first-order chi connectivity index (χ1) is 21.4. The third-order valence-corrected chi connectivity index (χ3v) is 10.1. The van der Waals surface area contributed by atoms with Gasteiger partial charge in [0.25, 0.3) is 0 Å². The van der Waals surface area contributed by atoms with Crippen LogP contribution in [0, 0.1) is 11.8 Å². The van der Waals surface area contributed by atoms with E-state index in [0.717, 1.165) is 51.4 Å². The van der Waals surface area contributed by atoms with Gasteiger partial charge in [0.15, 0.2) is 0 Å². The summed E-state index contributed by atoms with van der Waals surface area (Å²) in [6.45, 7) is 8.00. The number of benzene rings is 4. The maximum absolute atomic E-state index is 9.93.